The van der Waals surface area contributed by atoms with Crippen molar-refractivity contribution in [3.8, 4) is 0 Å². The van der Waals surface area contributed by atoms with Crippen LogP contribution in [0, 0.1) is 6.92 Å². The fourth-order valence-electron chi connectivity index (χ4n) is 2.92. The van der Waals surface area contributed by atoms with Gasteiger partial charge in [0.05, 0.1) is 4.88 Å². The molecule has 1 atom stereocenters. The van der Waals surface area contributed by atoms with Crippen LogP contribution in [0.4, 0.5) is 5.82 Å². The van der Waals surface area contributed by atoms with Crippen molar-refractivity contribution in [2.45, 2.75) is 25.8 Å². The topological polar surface area (TPSA) is 36.4 Å². The third kappa shape index (κ3) is 3.14. The van der Waals surface area contributed by atoms with Gasteiger partial charge >= 0.3 is 0 Å². The second-order valence-electron chi connectivity index (χ2n) is 5.77. The van der Waals surface area contributed by atoms with E-state index in [9.17, 15) is 4.79 Å². The van der Waals surface area contributed by atoms with E-state index < -0.39 is 0 Å². The minimum Gasteiger partial charge on any atom is -0.355 e. The van der Waals surface area contributed by atoms with Crippen LogP contribution in [0.2, 0.25) is 0 Å². The predicted octanol–water partition coefficient (Wildman–Crippen LogP) is 3.19. The van der Waals surface area contributed by atoms with Gasteiger partial charge in [-0.05, 0) is 43.3 Å². The summed E-state index contributed by atoms with van der Waals surface area (Å²) in [5.41, 5.74) is 1.03. The summed E-state index contributed by atoms with van der Waals surface area (Å²) in [5.74, 6) is 1.14. The molecule has 0 N–H and O–H groups in total. The van der Waals surface area contributed by atoms with Crippen molar-refractivity contribution in [1.82, 2.24) is 9.88 Å². The molecule has 1 aliphatic rings. The highest BCUT2D eigenvalue weighted by Crippen LogP contribution is 2.22. The van der Waals surface area contributed by atoms with E-state index in [-0.39, 0.29) is 11.9 Å². The molecule has 1 aliphatic heterocycles. The lowest BCUT2D eigenvalue weighted by Crippen LogP contribution is -2.48. The van der Waals surface area contributed by atoms with Gasteiger partial charge in [0.1, 0.15) is 5.82 Å². The second-order valence-corrected chi connectivity index (χ2v) is 6.72. The highest BCUT2D eigenvalue weighted by Gasteiger charge is 2.27. The Hall–Kier alpha value is -1.88. The lowest BCUT2D eigenvalue weighted by Gasteiger charge is -2.38. The first-order chi connectivity index (χ1) is 10.6. The number of amides is 1. The van der Waals surface area contributed by atoms with Crippen molar-refractivity contribution in [3.63, 3.8) is 0 Å². The maximum Gasteiger partial charge on any atom is 0.263 e. The number of thiophene rings is 1. The molecule has 1 fully saturated rings. The van der Waals surface area contributed by atoms with Crippen molar-refractivity contribution in [2.75, 3.05) is 25.0 Å². The summed E-state index contributed by atoms with van der Waals surface area (Å²) in [6.07, 6.45) is 2.14. The summed E-state index contributed by atoms with van der Waals surface area (Å²) < 4.78 is 0. The standard InChI is InChI=1S/C17H21N3OS/c1-13-6-3-9-16(18-13)20-10-4-7-14(12-20)19(2)17(21)15-8-5-11-22-15/h3,5-6,8-9,11,14H,4,7,10,12H2,1-2H3/t14-/m1/s1. The van der Waals surface area contributed by atoms with E-state index >= 15 is 0 Å². The quantitative estimate of drug-likeness (QED) is 0.873. The molecule has 0 aliphatic carbocycles. The summed E-state index contributed by atoms with van der Waals surface area (Å²) in [4.78, 5) is 22.1. The average Bonchev–Trinajstić information content (AvgIpc) is 3.08. The molecule has 0 bridgehead atoms. The van der Waals surface area contributed by atoms with E-state index in [0.717, 1.165) is 42.3 Å². The maximum absolute atomic E-state index is 12.5. The minimum atomic E-state index is 0.124. The third-order valence-corrected chi connectivity index (χ3v) is 5.05. The van der Waals surface area contributed by atoms with Gasteiger partial charge in [0.25, 0.3) is 5.91 Å². The van der Waals surface area contributed by atoms with E-state index in [2.05, 4.69) is 16.0 Å². The van der Waals surface area contributed by atoms with Crippen molar-refractivity contribution in [1.29, 1.82) is 0 Å². The molecule has 22 heavy (non-hydrogen) atoms. The Kier molecular flexibility index (Phi) is 4.43. The van der Waals surface area contributed by atoms with E-state index in [1.165, 1.54) is 11.3 Å². The number of carbonyl (C=O) groups is 1. The molecule has 116 valence electrons. The average molecular weight is 315 g/mol. The van der Waals surface area contributed by atoms with Gasteiger partial charge in [-0.2, -0.15) is 0 Å². The monoisotopic (exact) mass is 315 g/mol. The largest absolute Gasteiger partial charge is 0.355 e. The molecule has 0 saturated carbocycles. The molecule has 1 amide bonds. The third-order valence-electron chi connectivity index (χ3n) is 4.19. The molecular formula is C17H21N3OS. The van der Waals surface area contributed by atoms with Gasteiger partial charge in [0.2, 0.25) is 0 Å². The highest BCUT2D eigenvalue weighted by molar-refractivity contribution is 7.12. The summed E-state index contributed by atoms with van der Waals surface area (Å²) in [5, 5.41) is 1.95. The normalized spacial score (nSPS) is 18.3. The number of hydrogen-bond donors (Lipinski definition) is 0. The smallest absolute Gasteiger partial charge is 0.263 e. The van der Waals surface area contributed by atoms with E-state index in [1.807, 2.05) is 48.5 Å². The first-order valence-electron chi connectivity index (χ1n) is 7.64. The number of carbonyl (C=O) groups excluding carboxylic acids is 1. The molecule has 0 aromatic carbocycles. The number of nitrogens with zero attached hydrogens (tertiary/aromatic N) is 3. The Bertz CT molecular complexity index is 641. The van der Waals surface area contributed by atoms with Crippen LogP contribution in [0.25, 0.3) is 0 Å². The molecule has 3 heterocycles. The molecule has 2 aromatic rings. The van der Waals surface area contributed by atoms with Crippen molar-refractivity contribution >= 4 is 23.1 Å². The number of rotatable bonds is 3. The first-order valence-corrected chi connectivity index (χ1v) is 8.52. The van der Waals surface area contributed by atoms with Crippen molar-refractivity contribution in [2.24, 2.45) is 0 Å². The van der Waals surface area contributed by atoms with Gasteiger partial charge in [0, 0.05) is 31.9 Å². The fourth-order valence-corrected chi connectivity index (χ4v) is 3.63. The number of anilines is 1. The molecule has 0 radical (unpaired) electrons. The number of pyridine rings is 1. The Morgan fingerprint density at radius 2 is 2.23 bits per heavy atom. The van der Waals surface area contributed by atoms with Crippen LogP contribution in [0.3, 0.4) is 0 Å². The first kappa shape index (κ1) is 15.0. The fraction of sp³-hybridized carbons (Fsp3) is 0.412. The van der Waals surface area contributed by atoms with E-state index in [1.54, 1.807) is 0 Å². The Morgan fingerprint density at radius 1 is 1.36 bits per heavy atom. The molecule has 3 rings (SSSR count). The van der Waals surface area contributed by atoms with E-state index in [4.69, 9.17) is 0 Å². The molecular weight excluding hydrogens is 294 g/mol. The van der Waals surface area contributed by atoms with Gasteiger partial charge in [-0.1, -0.05) is 12.1 Å². The Morgan fingerprint density at radius 3 is 2.95 bits per heavy atom. The van der Waals surface area contributed by atoms with E-state index in [0.29, 0.717) is 0 Å². The predicted molar refractivity (Wildman–Crippen MR) is 90.6 cm³/mol. The number of aryl methyl sites for hydroxylation is 1. The van der Waals surface area contributed by atoms with Crippen LogP contribution in [-0.4, -0.2) is 42.0 Å². The molecule has 5 heteroatoms. The SMILES string of the molecule is Cc1cccc(N2CCC[C@@H](N(C)C(=O)c3cccs3)C2)n1. The summed E-state index contributed by atoms with van der Waals surface area (Å²) in [7, 11) is 1.92. The lowest BCUT2D eigenvalue weighted by molar-refractivity contribution is 0.0722. The molecule has 2 aromatic heterocycles. The van der Waals surface area contributed by atoms with Crippen LogP contribution in [0.5, 0.6) is 0 Å². The highest BCUT2D eigenvalue weighted by atomic mass is 32.1. The van der Waals surface area contributed by atoms with Crippen LogP contribution >= 0.6 is 11.3 Å². The van der Waals surface area contributed by atoms with Gasteiger partial charge < -0.3 is 9.80 Å². The zero-order chi connectivity index (χ0) is 15.5. The molecule has 4 nitrogen and oxygen atoms in total. The molecule has 0 unspecified atom stereocenters. The summed E-state index contributed by atoms with van der Waals surface area (Å²) >= 11 is 1.51. The number of hydrogen-bond acceptors (Lipinski definition) is 4. The second kappa shape index (κ2) is 6.48. The molecule has 0 spiro atoms. The summed E-state index contributed by atoms with van der Waals surface area (Å²) in [6, 6.07) is 10.2. The Balaban J connectivity index is 1.71. The van der Waals surface area contributed by atoms with Crippen LogP contribution in [-0.2, 0) is 0 Å². The minimum absolute atomic E-state index is 0.124. The summed E-state index contributed by atoms with van der Waals surface area (Å²) in [6.45, 7) is 3.87. The van der Waals surface area contributed by atoms with Crippen molar-refractivity contribution < 1.29 is 4.79 Å². The zero-order valence-electron chi connectivity index (χ0n) is 13.0. The Labute approximate surface area is 135 Å². The maximum atomic E-state index is 12.5. The van der Waals surface area contributed by atoms with Crippen molar-refractivity contribution in [3.05, 3.63) is 46.3 Å². The van der Waals surface area contributed by atoms with Gasteiger partial charge in [-0.3, -0.25) is 4.79 Å². The van der Waals surface area contributed by atoms with Crippen LogP contribution in [0.15, 0.2) is 35.7 Å². The van der Waals surface area contributed by atoms with Crippen LogP contribution < -0.4 is 4.90 Å². The van der Waals surface area contributed by atoms with Crippen LogP contribution in [0.1, 0.15) is 28.2 Å². The van der Waals surface area contributed by atoms with Gasteiger partial charge in [-0.15, -0.1) is 11.3 Å². The number of aromatic nitrogens is 1. The lowest BCUT2D eigenvalue weighted by atomic mass is 10.0. The number of piperidine rings is 1. The zero-order valence-corrected chi connectivity index (χ0v) is 13.8. The van der Waals surface area contributed by atoms with Gasteiger partial charge in [-0.25, -0.2) is 4.98 Å². The molecule has 1 saturated heterocycles. The van der Waals surface area contributed by atoms with Gasteiger partial charge in [0.15, 0.2) is 0 Å². The number of likely N-dealkylation sites (N-methyl/N-ethyl adjacent to an activating group) is 1.